The summed E-state index contributed by atoms with van der Waals surface area (Å²) in [5.74, 6) is 1.85. The number of hydrogen-bond acceptors (Lipinski definition) is 5. The van der Waals surface area contributed by atoms with Gasteiger partial charge in [-0.15, -0.1) is 10.2 Å². The molecular formula is C21H26N4O2S. The van der Waals surface area contributed by atoms with Crippen LogP contribution in [0.3, 0.4) is 0 Å². The number of furan rings is 1. The maximum absolute atomic E-state index is 12.8. The summed E-state index contributed by atoms with van der Waals surface area (Å²) in [4.78, 5) is 12.8. The number of carbonyl (C=O) groups is 1. The average molecular weight is 399 g/mol. The summed E-state index contributed by atoms with van der Waals surface area (Å²) in [6, 6.07) is 9.86. The van der Waals surface area contributed by atoms with E-state index in [-0.39, 0.29) is 11.2 Å². The van der Waals surface area contributed by atoms with Crippen molar-refractivity contribution in [2.45, 2.75) is 50.4 Å². The minimum absolute atomic E-state index is 0.0511. The highest BCUT2D eigenvalue weighted by Crippen LogP contribution is 2.30. The summed E-state index contributed by atoms with van der Waals surface area (Å²) in [5.41, 5.74) is 2.94. The molecule has 0 unspecified atom stereocenters. The Hall–Kier alpha value is -2.54. The van der Waals surface area contributed by atoms with Crippen molar-refractivity contribution >= 4 is 23.4 Å². The van der Waals surface area contributed by atoms with Crippen molar-refractivity contribution in [1.29, 1.82) is 0 Å². The Morgan fingerprint density at radius 2 is 2.00 bits per heavy atom. The lowest BCUT2D eigenvalue weighted by molar-refractivity contribution is -0.115. The molecule has 1 N–H and O–H groups in total. The van der Waals surface area contributed by atoms with Crippen LogP contribution in [0.25, 0.3) is 11.4 Å². The van der Waals surface area contributed by atoms with E-state index in [1.807, 2.05) is 49.7 Å². The van der Waals surface area contributed by atoms with E-state index in [0.29, 0.717) is 11.1 Å². The first kappa shape index (κ1) is 20.2. The van der Waals surface area contributed by atoms with Gasteiger partial charge in [0.15, 0.2) is 11.0 Å². The van der Waals surface area contributed by atoms with Gasteiger partial charge in [-0.2, -0.15) is 0 Å². The van der Waals surface area contributed by atoms with Gasteiger partial charge in [0.25, 0.3) is 0 Å². The zero-order valence-electron chi connectivity index (χ0n) is 16.9. The van der Waals surface area contributed by atoms with Gasteiger partial charge in [-0.3, -0.25) is 4.79 Å². The molecule has 1 amide bonds. The molecule has 0 saturated carbocycles. The lowest BCUT2D eigenvalue weighted by Gasteiger charge is -2.17. The Kier molecular flexibility index (Phi) is 6.24. The summed E-state index contributed by atoms with van der Waals surface area (Å²) in [5, 5.41) is 12.0. The smallest absolute Gasteiger partial charge is 0.237 e. The van der Waals surface area contributed by atoms with Crippen LogP contribution < -0.4 is 5.32 Å². The van der Waals surface area contributed by atoms with Crippen molar-refractivity contribution in [1.82, 2.24) is 14.8 Å². The SMILES string of the molecule is CC[C@@H](C)c1ccccc1NC(=O)[C@H](C)Sc1nnc(-c2ccoc2C)n1C. The minimum Gasteiger partial charge on any atom is -0.469 e. The quantitative estimate of drug-likeness (QED) is 0.566. The first-order valence-electron chi connectivity index (χ1n) is 9.42. The molecule has 0 aliphatic carbocycles. The summed E-state index contributed by atoms with van der Waals surface area (Å²) in [6.45, 7) is 8.09. The largest absolute Gasteiger partial charge is 0.469 e. The number of nitrogens with one attached hydrogen (secondary N) is 1. The number of amides is 1. The molecule has 7 heteroatoms. The van der Waals surface area contributed by atoms with Crippen molar-refractivity contribution in [3.63, 3.8) is 0 Å². The Labute approximate surface area is 169 Å². The predicted octanol–water partition coefficient (Wildman–Crippen LogP) is 5.02. The normalized spacial score (nSPS) is 13.3. The van der Waals surface area contributed by atoms with Gasteiger partial charge in [-0.1, -0.05) is 43.8 Å². The molecule has 2 atom stereocenters. The Balaban J connectivity index is 1.72. The second-order valence-corrected chi connectivity index (χ2v) is 8.21. The number of thioether (sulfide) groups is 1. The van der Waals surface area contributed by atoms with E-state index < -0.39 is 0 Å². The number of rotatable bonds is 7. The van der Waals surface area contributed by atoms with Gasteiger partial charge >= 0.3 is 0 Å². The van der Waals surface area contributed by atoms with Crippen LogP contribution >= 0.6 is 11.8 Å². The second-order valence-electron chi connectivity index (χ2n) is 6.90. The van der Waals surface area contributed by atoms with E-state index in [1.54, 1.807) is 6.26 Å². The first-order valence-corrected chi connectivity index (χ1v) is 10.3. The van der Waals surface area contributed by atoms with Crippen molar-refractivity contribution in [2.24, 2.45) is 7.05 Å². The number of benzene rings is 1. The fourth-order valence-corrected chi connectivity index (χ4v) is 3.79. The van der Waals surface area contributed by atoms with Gasteiger partial charge in [0.2, 0.25) is 5.91 Å². The third-order valence-corrected chi connectivity index (χ3v) is 6.08. The van der Waals surface area contributed by atoms with Crippen molar-refractivity contribution in [2.75, 3.05) is 5.32 Å². The molecule has 0 saturated heterocycles. The molecule has 28 heavy (non-hydrogen) atoms. The highest BCUT2D eigenvalue weighted by molar-refractivity contribution is 8.00. The maximum Gasteiger partial charge on any atom is 0.237 e. The molecular weight excluding hydrogens is 372 g/mol. The summed E-state index contributed by atoms with van der Waals surface area (Å²) in [6.07, 6.45) is 2.66. The van der Waals surface area contributed by atoms with Crippen molar-refractivity contribution in [3.8, 4) is 11.4 Å². The van der Waals surface area contributed by atoms with E-state index in [1.165, 1.54) is 11.8 Å². The predicted molar refractivity (Wildman–Crippen MR) is 113 cm³/mol. The first-order chi connectivity index (χ1) is 13.4. The number of aryl methyl sites for hydroxylation is 1. The number of hydrogen-bond donors (Lipinski definition) is 1. The number of carbonyl (C=O) groups excluding carboxylic acids is 1. The molecule has 3 rings (SSSR count). The molecule has 0 spiro atoms. The summed E-state index contributed by atoms with van der Waals surface area (Å²) >= 11 is 1.39. The molecule has 2 aromatic heterocycles. The van der Waals surface area contributed by atoms with E-state index in [0.717, 1.165) is 34.8 Å². The van der Waals surface area contributed by atoms with Gasteiger partial charge in [0, 0.05) is 12.7 Å². The van der Waals surface area contributed by atoms with Crippen LogP contribution in [0.15, 0.2) is 46.2 Å². The minimum atomic E-state index is -0.314. The highest BCUT2D eigenvalue weighted by atomic mass is 32.2. The fraction of sp³-hybridized carbons (Fsp3) is 0.381. The molecule has 148 valence electrons. The number of nitrogens with zero attached hydrogens (tertiary/aromatic N) is 3. The van der Waals surface area contributed by atoms with Crippen molar-refractivity contribution < 1.29 is 9.21 Å². The van der Waals surface area contributed by atoms with Crippen molar-refractivity contribution in [3.05, 3.63) is 47.9 Å². The average Bonchev–Trinajstić information content (AvgIpc) is 3.27. The highest BCUT2D eigenvalue weighted by Gasteiger charge is 2.21. The molecule has 0 fully saturated rings. The standard InChI is InChI=1S/C21H26N4O2S/c1-6-13(2)16-9-7-8-10-18(16)22-20(26)15(4)28-21-24-23-19(25(21)5)17-11-12-27-14(17)3/h7-13,15H,6H2,1-5H3,(H,22,26)/t13-,15+/m1/s1. The Morgan fingerprint density at radius 3 is 2.68 bits per heavy atom. The number of anilines is 1. The van der Waals surface area contributed by atoms with Gasteiger partial charge in [-0.25, -0.2) is 0 Å². The molecule has 0 bridgehead atoms. The number of aromatic nitrogens is 3. The van der Waals surface area contributed by atoms with Crippen LogP contribution in [0.4, 0.5) is 5.69 Å². The lowest BCUT2D eigenvalue weighted by Crippen LogP contribution is -2.23. The van der Waals surface area contributed by atoms with Crippen LogP contribution in [0.1, 0.15) is 44.4 Å². The zero-order chi connectivity index (χ0) is 20.3. The van der Waals surface area contributed by atoms with Crippen LogP contribution in [0.2, 0.25) is 0 Å². The molecule has 1 aromatic carbocycles. The van der Waals surface area contributed by atoms with E-state index in [9.17, 15) is 4.79 Å². The van der Waals surface area contributed by atoms with E-state index in [2.05, 4.69) is 35.4 Å². The molecule has 3 aromatic rings. The molecule has 2 heterocycles. The van der Waals surface area contributed by atoms with Crippen LogP contribution in [0, 0.1) is 6.92 Å². The fourth-order valence-electron chi connectivity index (χ4n) is 2.98. The topological polar surface area (TPSA) is 73.0 Å². The van der Waals surface area contributed by atoms with Gasteiger partial charge < -0.3 is 14.3 Å². The van der Waals surface area contributed by atoms with Crippen LogP contribution in [-0.2, 0) is 11.8 Å². The van der Waals surface area contributed by atoms with Gasteiger partial charge in [0.05, 0.1) is 17.1 Å². The monoisotopic (exact) mass is 398 g/mol. The van der Waals surface area contributed by atoms with Crippen LogP contribution in [-0.4, -0.2) is 25.9 Å². The third kappa shape index (κ3) is 4.14. The van der Waals surface area contributed by atoms with Gasteiger partial charge in [0.1, 0.15) is 5.76 Å². The second kappa shape index (κ2) is 8.65. The van der Waals surface area contributed by atoms with E-state index >= 15 is 0 Å². The molecule has 0 radical (unpaired) electrons. The zero-order valence-corrected chi connectivity index (χ0v) is 17.7. The maximum atomic E-state index is 12.8. The van der Waals surface area contributed by atoms with E-state index in [4.69, 9.17) is 4.42 Å². The Morgan fingerprint density at radius 1 is 1.25 bits per heavy atom. The molecule has 6 nitrogen and oxygen atoms in total. The van der Waals surface area contributed by atoms with Crippen LogP contribution in [0.5, 0.6) is 0 Å². The number of para-hydroxylation sites is 1. The Bertz CT molecular complexity index is 963. The summed E-state index contributed by atoms with van der Waals surface area (Å²) in [7, 11) is 1.90. The molecule has 0 aliphatic heterocycles. The lowest BCUT2D eigenvalue weighted by atomic mass is 9.97. The van der Waals surface area contributed by atoms with Gasteiger partial charge in [-0.05, 0) is 43.9 Å². The third-order valence-electron chi connectivity index (χ3n) is 4.95. The molecule has 0 aliphatic rings. The summed E-state index contributed by atoms with van der Waals surface area (Å²) < 4.78 is 7.24.